The second-order valence-corrected chi connectivity index (χ2v) is 6.29. The highest BCUT2D eigenvalue weighted by atomic mass is 32.2. The zero-order chi connectivity index (χ0) is 13.7. The highest BCUT2D eigenvalue weighted by Gasteiger charge is 2.25. The molecule has 1 atom stereocenters. The molecular formula is C16H24N2S. The van der Waals surface area contributed by atoms with Crippen molar-refractivity contribution in [2.24, 2.45) is 10.9 Å². The third kappa shape index (κ3) is 3.75. The minimum absolute atomic E-state index is 0.659. The number of thioether (sulfide) groups is 1. The van der Waals surface area contributed by atoms with Gasteiger partial charge < -0.3 is 5.32 Å². The highest BCUT2D eigenvalue weighted by molar-refractivity contribution is 8.15. The van der Waals surface area contributed by atoms with Crippen LogP contribution >= 0.6 is 11.8 Å². The van der Waals surface area contributed by atoms with E-state index < -0.39 is 0 Å². The summed E-state index contributed by atoms with van der Waals surface area (Å²) in [5.74, 6) is 0.787. The Bertz CT molecular complexity index is 438. The van der Waals surface area contributed by atoms with Gasteiger partial charge in [-0.05, 0) is 30.0 Å². The Morgan fingerprint density at radius 2 is 2.11 bits per heavy atom. The van der Waals surface area contributed by atoms with Gasteiger partial charge in [-0.3, -0.25) is 4.99 Å². The summed E-state index contributed by atoms with van der Waals surface area (Å²) in [4.78, 5) is 4.65. The predicted molar refractivity (Wildman–Crippen MR) is 87.2 cm³/mol. The lowest BCUT2D eigenvalue weighted by Gasteiger charge is -2.18. The summed E-state index contributed by atoms with van der Waals surface area (Å²) >= 11 is 1.92. The number of nitrogens with zero attached hydrogens (tertiary/aromatic N) is 1. The zero-order valence-corrected chi connectivity index (χ0v) is 13.0. The minimum atomic E-state index is 0.659. The summed E-state index contributed by atoms with van der Waals surface area (Å²) in [5, 5.41) is 5.21. The summed E-state index contributed by atoms with van der Waals surface area (Å²) in [6.07, 6.45) is 3.58. The first-order valence-corrected chi connectivity index (χ1v) is 8.21. The Hall–Kier alpha value is -0.960. The van der Waals surface area contributed by atoms with E-state index in [4.69, 9.17) is 0 Å². The Kier molecular flexibility index (Phi) is 5.32. The van der Waals surface area contributed by atoms with Gasteiger partial charge in [-0.15, -0.1) is 0 Å². The Labute approximate surface area is 121 Å². The number of benzene rings is 1. The van der Waals surface area contributed by atoms with Crippen molar-refractivity contribution >= 4 is 22.6 Å². The zero-order valence-electron chi connectivity index (χ0n) is 12.1. The molecule has 19 heavy (non-hydrogen) atoms. The van der Waals surface area contributed by atoms with E-state index in [-0.39, 0.29) is 0 Å². The maximum atomic E-state index is 4.65. The van der Waals surface area contributed by atoms with Gasteiger partial charge >= 0.3 is 0 Å². The largest absolute Gasteiger partial charge is 0.335 e. The van der Waals surface area contributed by atoms with Crippen LogP contribution in [0.3, 0.4) is 0 Å². The van der Waals surface area contributed by atoms with E-state index in [0.717, 1.165) is 29.7 Å². The summed E-state index contributed by atoms with van der Waals surface area (Å²) in [6.45, 7) is 7.71. The van der Waals surface area contributed by atoms with E-state index >= 15 is 0 Å². The summed E-state index contributed by atoms with van der Waals surface area (Å²) in [6, 6.07) is 8.61. The second kappa shape index (κ2) is 6.99. The molecule has 0 aliphatic carbocycles. The molecule has 1 aromatic rings. The van der Waals surface area contributed by atoms with Gasteiger partial charge in [-0.2, -0.15) is 0 Å². The summed E-state index contributed by atoms with van der Waals surface area (Å²) < 4.78 is 0. The van der Waals surface area contributed by atoms with Gasteiger partial charge in [0.2, 0.25) is 0 Å². The summed E-state index contributed by atoms with van der Waals surface area (Å²) in [7, 11) is 0. The maximum absolute atomic E-state index is 4.65. The summed E-state index contributed by atoms with van der Waals surface area (Å²) in [5.41, 5.74) is 2.53. The molecule has 1 heterocycles. The monoisotopic (exact) mass is 276 g/mol. The lowest BCUT2D eigenvalue weighted by atomic mass is 9.99. The van der Waals surface area contributed by atoms with Crippen LogP contribution in [0.5, 0.6) is 0 Å². The molecule has 1 aliphatic heterocycles. The van der Waals surface area contributed by atoms with E-state index in [0.29, 0.717) is 5.25 Å². The quantitative estimate of drug-likeness (QED) is 0.852. The maximum Gasteiger partial charge on any atom is 0.161 e. The number of aliphatic imine (C=N–C) groups is 1. The molecule has 1 aliphatic rings. The number of rotatable bonds is 5. The van der Waals surface area contributed by atoms with E-state index in [9.17, 15) is 0 Å². The normalized spacial score (nSPS) is 18.7. The van der Waals surface area contributed by atoms with Crippen molar-refractivity contribution in [2.75, 3.05) is 11.9 Å². The van der Waals surface area contributed by atoms with Gasteiger partial charge in [-0.1, -0.05) is 57.5 Å². The topological polar surface area (TPSA) is 24.4 Å². The Balaban J connectivity index is 1.94. The molecule has 0 amide bonds. The fraction of sp³-hybridized carbons (Fsp3) is 0.562. The number of hydrogen-bond donors (Lipinski definition) is 1. The lowest BCUT2D eigenvalue weighted by Crippen LogP contribution is -2.17. The third-order valence-electron chi connectivity index (χ3n) is 3.84. The standard InChI is InChI=1S/C16H24N2S/c1-4-12-8-7-9-14(10-12)18-16-17-11-15(19-16)13(5-2)6-3/h7-10,13,15H,4-6,11H2,1-3H3,(H,17,18). The molecule has 1 unspecified atom stereocenters. The molecule has 0 saturated carbocycles. The van der Waals surface area contributed by atoms with Gasteiger partial charge in [0.15, 0.2) is 5.17 Å². The molecule has 3 heteroatoms. The van der Waals surface area contributed by atoms with Crippen LogP contribution < -0.4 is 5.32 Å². The average molecular weight is 276 g/mol. The van der Waals surface area contributed by atoms with Crippen LogP contribution in [0.1, 0.15) is 39.2 Å². The van der Waals surface area contributed by atoms with Crippen molar-refractivity contribution in [1.82, 2.24) is 0 Å². The van der Waals surface area contributed by atoms with Crippen molar-refractivity contribution in [3.8, 4) is 0 Å². The average Bonchev–Trinajstić information content (AvgIpc) is 2.89. The van der Waals surface area contributed by atoms with Crippen LogP contribution in [-0.2, 0) is 6.42 Å². The number of hydrogen-bond acceptors (Lipinski definition) is 3. The van der Waals surface area contributed by atoms with Crippen LogP contribution in [0, 0.1) is 5.92 Å². The molecule has 2 nitrogen and oxygen atoms in total. The van der Waals surface area contributed by atoms with Gasteiger partial charge in [0.25, 0.3) is 0 Å². The molecular weight excluding hydrogens is 252 g/mol. The Morgan fingerprint density at radius 1 is 1.32 bits per heavy atom. The molecule has 0 fully saturated rings. The first-order valence-electron chi connectivity index (χ1n) is 7.33. The van der Waals surface area contributed by atoms with E-state index in [1.54, 1.807) is 0 Å². The number of aryl methyl sites for hydroxylation is 1. The van der Waals surface area contributed by atoms with E-state index in [1.165, 1.54) is 18.4 Å². The van der Waals surface area contributed by atoms with Gasteiger partial charge in [-0.25, -0.2) is 0 Å². The molecule has 0 radical (unpaired) electrons. The number of anilines is 1. The van der Waals surface area contributed by atoms with Crippen LogP contribution in [0.2, 0.25) is 0 Å². The SMILES string of the molecule is CCc1cccc(NC2=NCC(C(CC)CC)S2)c1. The Morgan fingerprint density at radius 3 is 2.79 bits per heavy atom. The van der Waals surface area contributed by atoms with Gasteiger partial charge in [0.05, 0.1) is 6.54 Å². The van der Waals surface area contributed by atoms with E-state index in [2.05, 4.69) is 55.3 Å². The van der Waals surface area contributed by atoms with E-state index in [1.807, 2.05) is 11.8 Å². The van der Waals surface area contributed by atoms with Crippen molar-refractivity contribution in [3.05, 3.63) is 29.8 Å². The molecule has 0 aromatic heterocycles. The minimum Gasteiger partial charge on any atom is -0.335 e. The fourth-order valence-electron chi connectivity index (χ4n) is 2.51. The molecule has 1 aromatic carbocycles. The van der Waals surface area contributed by atoms with Gasteiger partial charge in [0, 0.05) is 10.9 Å². The van der Waals surface area contributed by atoms with Crippen LogP contribution in [0.15, 0.2) is 29.3 Å². The third-order valence-corrected chi connectivity index (χ3v) is 5.13. The molecule has 1 N–H and O–H groups in total. The fourth-order valence-corrected chi connectivity index (χ4v) is 3.85. The first kappa shape index (κ1) is 14.4. The number of amidine groups is 1. The van der Waals surface area contributed by atoms with Crippen LogP contribution in [-0.4, -0.2) is 17.0 Å². The van der Waals surface area contributed by atoms with Crippen molar-refractivity contribution in [2.45, 2.75) is 45.3 Å². The molecule has 2 rings (SSSR count). The van der Waals surface area contributed by atoms with Crippen LogP contribution in [0.25, 0.3) is 0 Å². The van der Waals surface area contributed by atoms with Crippen molar-refractivity contribution in [1.29, 1.82) is 0 Å². The lowest BCUT2D eigenvalue weighted by molar-refractivity contribution is 0.479. The second-order valence-electron chi connectivity index (χ2n) is 5.06. The van der Waals surface area contributed by atoms with Crippen molar-refractivity contribution in [3.63, 3.8) is 0 Å². The smallest absolute Gasteiger partial charge is 0.161 e. The molecule has 104 valence electrons. The van der Waals surface area contributed by atoms with Crippen molar-refractivity contribution < 1.29 is 0 Å². The first-order chi connectivity index (χ1) is 9.26. The number of nitrogens with one attached hydrogen (secondary N) is 1. The molecule has 0 saturated heterocycles. The molecule has 0 bridgehead atoms. The highest BCUT2D eigenvalue weighted by Crippen LogP contribution is 2.31. The predicted octanol–water partition coefficient (Wildman–Crippen LogP) is 4.57. The van der Waals surface area contributed by atoms with Crippen LogP contribution in [0.4, 0.5) is 5.69 Å². The van der Waals surface area contributed by atoms with Gasteiger partial charge in [0.1, 0.15) is 0 Å². The molecule has 0 spiro atoms.